The lowest BCUT2D eigenvalue weighted by Crippen LogP contribution is -2.18. The third-order valence-corrected chi connectivity index (χ3v) is 3.95. The topological polar surface area (TPSA) is 34.9 Å². The summed E-state index contributed by atoms with van der Waals surface area (Å²) in [7, 11) is 0. The van der Waals surface area contributed by atoms with Gasteiger partial charge in [0, 0.05) is 5.69 Å². The van der Waals surface area contributed by atoms with Crippen molar-refractivity contribution in [1.82, 2.24) is 9.78 Å². The van der Waals surface area contributed by atoms with Crippen molar-refractivity contribution >= 4 is 29.1 Å². The Morgan fingerprint density at radius 3 is 2.50 bits per heavy atom. The van der Waals surface area contributed by atoms with E-state index >= 15 is 0 Å². The Morgan fingerprint density at radius 2 is 2.06 bits per heavy atom. The van der Waals surface area contributed by atoms with Crippen molar-refractivity contribution in [2.24, 2.45) is 17.3 Å². The zero-order valence-corrected chi connectivity index (χ0v) is 12.4. The summed E-state index contributed by atoms with van der Waals surface area (Å²) in [5.41, 5.74) is 1.60. The molecule has 1 aromatic rings. The maximum Gasteiger partial charge on any atom is 0.251 e. The van der Waals surface area contributed by atoms with Gasteiger partial charge in [0.2, 0.25) is 0 Å². The Labute approximate surface area is 117 Å². The summed E-state index contributed by atoms with van der Waals surface area (Å²) in [5, 5.41) is 4.23. The number of allylic oxidation sites excluding steroid dienone is 1. The minimum atomic E-state index is -0.113. The van der Waals surface area contributed by atoms with E-state index in [1.807, 2.05) is 33.8 Å². The second-order valence-corrected chi connectivity index (χ2v) is 6.47. The molecule has 18 heavy (non-hydrogen) atoms. The van der Waals surface area contributed by atoms with Crippen molar-refractivity contribution in [2.75, 3.05) is 0 Å². The van der Waals surface area contributed by atoms with Gasteiger partial charge in [-0.25, -0.2) is 4.68 Å². The van der Waals surface area contributed by atoms with Gasteiger partial charge < -0.3 is 0 Å². The molecule has 2 unspecified atom stereocenters. The van der Waals surface area contributed by atoms with Crippen molar-refractivity contribution in [2.45, 2.75) is 27.7 Å². The molecule has 0 aromatic carbocycles. The number of halogens is 2. The van der Waals surface area contributed by atoms with Crippen LogP contribution in [0.3, 0.4) is 0 Å². The zero-order chi connectivity index (χ0) is 13.7. The van der Waals surface area contributed by atoms with E-state index in [-0.39, 0.29) is 27.6 Å². The Bertz CT molecular complexity index is 527. The van der Waals surface area contributed by atoms with Gasteiger partial charge in [0.15, 0.2) is 0 Å². The molecule has 1 heterocycles. The van der Waals surface area contributed by atoms with Gasteiger partial charge in [-0.1, -0.05) is 37.0 Å². The second-order valence-electron chi connectivity index (χ2n) is 5.46. The quantitative estimate of drug-likeness (QED) is 0.830. The van der Waals surface area contributed by atoms with Gasteiger partial charge in [0.1, 0.15) is 4.49 Å². The maximum absolute atomic E-state index is 12.4. The first-order valence-electron chi connectivity index (χ1n) is 5.85. The van der Waals surface area contributed by atoms with Gasteiger partial charge in [0.05, 0.1) is 11.6 Å². The lowest BCUT2D eigenvalue weighted by Gasteiger charge is -2.03. The Kier molecular flexibility index (Phi) is 3.32. The third kappa shape index (κ3) is 2.21. The molecule has 3 nitrogen and oxygen atoms in total. The smallest absolute Gasteiger partial charge is 0.251 e. The number of rotatable bonds is 2. The summed E-state index contributed by atoms with van der Waals surface area (Å²) in [6.07, 6.45) is 1.75. The van der Waals surface area contributed by atoms with Crippen LogP contribution >= 0.6 is 23.2 Å². The zero-order valence-electron chi connectivity index (χ0n) is 10.9. The minimum Gasteiger partial charge on any atom is -0.272 e. The van der Waals surface area contributed by atoms with Crippen LogP contribution in [0.25, 0.3) is 0 Å². The SMILES string of the molecule is Cc1cc(C)n(C(=O)C2C(C=C(Cl)Cl)C2(C)C)n1. The van der Waals surface area contributed by atoms with Crippen molar-refractivity contribution in [1.29, 1.82) is 0 Å². The fourth-order valence-electron chi connectivity index (χ4n) is 2.58. The number of carbonyl (C=O) groups is 1. The normalized spacial score (nSPS) is 24.8. The molecule has 1 fully saturated rings. The second kappa shape index (κ2) is 4.39. The largest absolute Gasteiger partial charge is 0.272 e. The highest BCUT2D eigenvalue weighted by atomic mass is 35.5. The number of aromatic nitrogens is 2. The highest BCUT2D eigenvalue weighted by Crippen LogP contribution is 2.60. The molecule has 2 atom stereocenters. The summed E-state index contributed by atoms with van der Waals surface area (Å²) >= 11 is 11.4. The summed E-state index contributed by atoms with van der Waals surface area (Å²) in [6.45, 7) is 7.84. The summed E-state index contributed by atoms with van der Waals surface area (Å²) in [6, 6.07) is 1.90. The van der Waals surface area contributed by atoms with E-state index in [0.717, 1.165) is 11.4 Å². The van der Waals surface area contributed by atoms with Crippen molar-refractivity contribution < 1.29 is 4.79 Å². The van der Waals surface area contributed by atoms with Crippen LogP contribution in [0.5, 0.6) is 0 Å². The van der Waals surface area contributed by atoms with E-state index in [9.17, 15) is 4.79 Å². The van der Waals surface area contributed by atoms with Gasteiger partial charge in [-0.15, -0.1) is 0 Å². The Hall–Kier alpha value is -0.800. The van der Waals surface area contributed by atoms with Crippen LogP contribution in [0.15, 0.2) is 16.6 Å². The van der Waals surface area contributed by atoms with Crippen LogP contribution in [0, 0.1) is 31.1 Å². The number of hydrogen-bond acceptors (Lipinski definition) is 2. The van der Waals surface area contributed by atoms with Crippen molar-refractivity contribution in [3.63, 3.8) is 0 Å². The molecule has 1 aliphatic carbocycles. The van der Waals surface area contributed by atoms with E-state index in [2.05, 4.69) is 5.10 Å². The molecule has 5 heteroatoms. The average molecular weight is 287 g/mol. The highest BCUT2D eigenvalue weighted by molar-refractivity contribution is 6.55. The van der Waals surface area contributed by atoms with Gasteiger partial charge in [-0.05, 0) is 37.3 Å². The molecule has 0 radical (unpaired) electrons. The van der Waals surface area contributed by atoms with Gasteiger partial charge in [-0.3, -0.25) is 4.79 Å². The standard InChI is InChI=1S/C13H16Cl2N2O/c1-7-5-8(2)17(16-7)12(18)11-9(6-10(14)15)13(11,3)4/h5-6,9,11H,1-4H3. The van der Waals surface area contributed by atoms with Crippen molar-refractivity contribution in [3.05, 3.63) is 28.0 Å². The third-order valence-electron chi connectivity index (χ3n) is 3.70. The molecule has 0 amide bonds. The van der Waals surface area contributed by atoms with Crippen LogP contribution in [-0.4, -0.2) is 15.7 Å². The first kappa shape index (κ1) is 13.6. The molecule has 0 bridgehead atoms. The molecular formula is C13H16Cl2N2O. The Balaban J connectivity index is 2.27. The van der Waals surface area contributed by atoms with E-state index in [0.29, 0.717) is 0 Å². The monoisotopic (exact) mass is 286 g/mol. The first-order valence-corrected chi connectivity index (χ1v) is 6.61. The van der Waals surface area contributed by atoms with Crippen LogP contribution in [-0.2, 0) is 0 Å². The maximum atomic E-state index is 12.4. The van der Waals surface area contributed by atoms with Gasteiger partial charge in [-0.2, -0.15) is 5.10 Å². The predicted molar refractivity (Wildman–Crippen MR) is 72.9 cm³/mol. The minimum absolute atomic E-state index is 0.0152. The molecule has 98 valence electrons. The number of nitrogens with zero attached hydrogens (tertiary/aromatic N) is 2. The van der Waals surface area contributed by atoms with E-state index in [4.69, 9.17) is 23.2 Å². The fourth-order valence-corrected chi connectivity index (χ4v) is 2.85. The molecule has 1 aromatic heterocycles. The first-order chi connectivity index (χ1) is 8.25. The molecule has 0 N–H and O–H groups in total. The molecule has 0 saturated heterocycles. The summed E-state index contributed by atoms with van der Waals surface area (Å²) < 4.78 is 1.70. The molecule has 0 aliphatic heterocycles. The predicted octanol–water partition coefficient (Wildman–Crippen LogP) is 3.73. The van der Waals surface area contributed by atoms with E-state index in [1.54, 1.807) is 6.08 Å². The lowest BCUT2D eigenvalue weighted by molar-refractivity contribution is 0.0849. The molecule has 2 rings (SSSR count). The number of aryl methyl sites for hydroxylation is 2. The van der Waals surface area contributed by atoms with E-state index in [1.165, 1.54) is 4.68 Å². The van der Waals surface area contributed by atoms with Crippen LogP contribution in [0.4, 0.5) is 0 Å². The summed E-state index contributed by atoms with van der Waals surface area (Å²) in [4.78, 5) is 12.4. The number of carbonyl (C=O) groups excluding carboxylic acids is 1. The fraction of sp³-hybridized carbons (Fsp3) is 0.538. The molecule has 1 aliphatic rings. The Morgan fingerprint density at radius 1 is 1.44 bits per heavy atom. The lowest BCUT2D eigenvalue weighted by atomic mass is 10.1. The highest BCUT2D eigenvalue weighted by Gasteiger charge is 2.61. The molecular weight excluding hydrogens is 271 g/mol. The van der Waals surface area contributed by atoms with Crippen LogP contribution in [0.1, 0.15) is 30.0 Å². The van der Waals surface area contributed by atoms with E-state index < -0.39 is 0 Å². The van der Waals surface area contributed by atoms with Gasteiger partial charge >= 0.3 is 0 Å². The van der Waals surface area contributed by atoms with Crippen LogP contribution in [0.2, 0.25) is 0 Å². The van der Waals surface area contributed by atoms with Crippen LogP contribution < -0.4 is 0 Å². The summed E-state index contributed by atoms with van der Waals surface area (Å²) in [5.74, 6) is -0.0108. The molecule has 1 saturated carbocycles. The van der Waals surface area contributed by atoms with Gasteiger partial charge in [0.25, 0.3) is 5.91 Å². The van der Waals surface area contributed by atoms with Crippen molar-refractivity contribution in [3.8, 4) is 0 Å². The molecule has 0 spiro atoms. The number of hydrogen-bond donors (Lipinski definition) is 0. The average Bonchev–Trinajstić information content (AvgIpc) is 2.58.